The van der Waals surface area contributed by atoms with Gasteiger partial charge < -0.3 is 9.40 Å². The highest BCUT2D eigenvalue weighted by Gasteiger charge is 2.07. The van der Waals surface area contributed by atoms with Gasteiger partial charge in [0.15, 0.2) is 5.69 Å². The highest BCUT2D eigenvalue weighted by molar-refractivity contribution is 5.27. The molecule has 0 amide bonds. The third-order valence-electron chi connectivity index (χ3n) is 2.20. The molecule has 0 saturated carbocycles. The van der Waals surface area contributed by atoms with Crippen LogP contribution in [0.15, 0.2) is 22.8 Å². The van der Waals surface area contributed by atoms with Crippen LogP contribution in [0.3, 0.4) is 0 Å². The van der Waals surface area contributed by atoms with E-state index in [9.17, 15) is 0 Å². The first-order valence-electron chi connectivity index (χ1n) is 4.77. The van der Waals surface area contributed by atoms with Crippen LogP contribution in [0.4, 0.5) is 0 Å². The summed E-state index contributed by atoms with van der Waals surface area (Å²) in [4.78, 5) is 7.16. The second-order valence-electron chi connectivity index (χ2n) is 3.34. The Bertz CT molecular complexity index is 476. The number of nitrogens with one attached hydrogen (secondary N) is 1. The van der Waals surface area contributed by atoms with Gasteiger partial charge >= 0.3 is 0 Å². The fourth-order valence-electron chi connectivity index (χ4n) is 1.52. The maximum absolute atomic E-state index is 8.83. The number of nitrogens with zero attached hydrogens (tertiary/aromatic N) is 2. The summed E-state index contributed by atoms with van der Waals surface area (Å²) in [5.74, 6) is 1.70. The number of aryl methyl sites for hydroxylation is 3. The Morgan fingerprint density at radius 3 is 3.07 bits per heavy atom. The number of rotatable bonds is 3. The largest absolute Gasteiger partial charge is 0.469 e. The van der Waals surface area contributed by atoms with Crippen molar-refractivity contribution < 1.29 is 4.42 Å². The van der Waals surface area contributed by atoms with Crippen molar-refractivity contribution in [3.05, 3.63) is 41.4 Å². The van der Waals surface area contributed by atoms with Gasteiger partial charge in [0, 0.05) is 6.42 Å². The molecule has 0 fully saturated rings. The zero-order valence-corrected chi connectivity index (χ0v) is 8.45. The monoisotopic (exact) mass is 201 g/mol. The van der Waals surface area contributed by atoms with Crippen molar-refractivity contribution in [3.8, 4) is 6.07 Å². The minimum atomic E-state index is 0.485. The standard InChI is InChI=1S/C11H11N3O/c1-8-13-10(11(7-12)14-8)5-4-9-3-2-6-15-9/h2-3,6H,4-5H2,1H3,(H,13,14). The number of imidazole rings is 1. The zero-order chi connectivity index (χ0) is 10.7. The van der Waals surface area contributed by atoms with Gasteiger partial charge in [-0.25, -0.2) is 4.98 Å². The molecule has 2 heterocycles. The maximum Gasteiger partial charge on any atom is 0.161 e. The second kappa shape index (κ2) is 4.01. The SMILES string of the molecule is Cc1nc(C#N)c(CCc2ccco2)[nH]1. The quantitative estimate of drug-likeness (QED) is 0.825. The summed E-state index contributed by atoms with van der Waals surface area (Å²) in [5.41, 5.74) is 1.37. The van der Waals surface area contributed by atoms with Gasteiger partial charge in [0.2, 0.25) is 0 Å². The highest BCUT2D eigenvalue weighted by atomic mass is 16.3. The minimum Gasteiger partial charge on any atom is -0.469 e. The van der Waals surface area contributed by atoms with Crippen molar-refractivity contribution in [1.29, 1.82) is 5.26 Å². The van der Waals surface area contributed by atoms with E-state index in [1.807, 2.05) is 19.1 Å². The lowest BCUT2D eigenvalue weighted by Crippen LogP contribution is -1.93. The Morgan fingerprint density at radius 2 is 2.40 bits per heavy atom. The van der Waals surface area contributed by atoms with E-state index in [4.69, 9.17) is 9.68 Å². The molecule has 0 unspecified atom stereocenters. The van der Waals surface area contributed by atoms with Crippen molar-refractivity contribution in [3.63, 3.8) is 0 Å². The molecule has 0 atom stereocenters. The molecule has 0 radical (unpaired) electrons. The molecular weight excluding hydrogens is 190 g/mol. The second-order valence-corrected chi connectivity index (χ2v) is 3.34. The van der Waals surface area contributed by atoms with Gasteiger partial charge in [-0.3, -0.25) is 0 Å². The smallest absolute Gasteiger partial charge is 0.161 e. The molecule has 0 bridgehead atoms. The van der Waals surface area contributed by atoms with E-state index in [1.54, 1.807) is 6.26 Å². The van der Waals surface area contributed by atoms with Gasteiger partial charge in [-0.15, -0.1) is 0 Å². The summed E-state index contributed by atoms with van der Waals surface area (Å²) in [6, 6.07) is 5.86. The van der Waals surface area contributed by atoms with Crippen LogP contribution in [-0.2, 0) is 12.8 Å². The topological polar surface area (TPSA) is 65.6 Å². The fraction of sp³-hybridized carbons (Fsp3) is 0.273. The Hall–Kier alpha value is -2.02. The Morgan fingerprint density at radius 1 is 1.53 bits per heavy atom. The molecule has 0 saturated heterocycles. The van der Waals surface area contributed by atoms with Crippen molar-refractivity contribution in [1.82, 2.24) is 9.97 Å². The van der Waals surface area contributed by atoms with E-state index in [-0.39, 0.29) is 0 Å². The number of H-pyrrole nitrogens is 1. The first kappa shape index (κ1) is 9.53. The van der Waals surface area contributed by atoms with Gasteiger partial charge in [0.05, 0.1) is 12.0 Å². The van der Waals surface area contributed by atoms with E-state index in [1.165, 1.54) is 0 Å². The predicted octanol–water partition coefficient (Wildman–Crippen LogP) is 1.97. The van der Waals surface area contributed by atoms with Gasteiger partial charge in [-0.05, 0) is 25.5 Å². The molecule has 76 valence electrons. The lowest BCUT2D eigenvalue weighted by atomic mass is 10.2. The maximum atomic E-state index is 8.83. The summed E-state index contributed by atoms with van der Waals surface area (Å²) < 4.78 is 5.22. The molecule has 2 aromatic heterocycles. The molecule has 2 aromatic rings. The average Bonchev–Trinajstić information content (AvgIpc) is 2.83. The molecule has 0 aliphatic heterocycles. The van der Waals surface area contributed by atoms with Crippen LogP contribution in [0.1, 0.15) is 23.0 Å². The molecule has 4 heteroatoms. The number of aromatic nitrogens is 2. The Kier molecular flexibility index (Phi) is 2.55. The molecule has 1 N–H and O–H groups in total. The normalized spacial score (nSPS) is 10.1. The summed E-state index contributed by atoms with van der Waals surface area (Å²) >= 11 is 0. The van der Waals surface area contributed by atoms with E-state index in [0.717, 1.165) is 30.1 Å². The number of hydrogen-bond acceptors (Lipinski definition) is 3. The molecule has 15 heavy (non-hydrogen) atoms. The van der Waals surface area contributed by atoms with E-state index in [2.05, 4.69) is 16.0 Å². The first-order chi connectivity index (χ1) is 7.29. The van der Waals surface area contributed by atoms with Crippen LogP contribution < -0.4 is 0 Å². The fourth-order valence-corrected chi connectivity index (χ4v) is 1.52. The van der Waals surface area contributed by atoms with Crippen LogP contribution in [0, 0.1) is 18.3 Å². The van der Waals surface area contributed by atoms with Crippen LogP contribution in [0.25, 0.3) is 0 Å². The summed E-state index contributed by atoms with van der Waals surface area (Å²) in [6.45, 7) is 1.84. The highest BCUT2D eigenvalue weighted by Crippen LogP contribution is 2.10. The Balaban J connectivity index is 2.08. The van der Waals surface area contributed by atoms with E-state index < -0.39 is 0 Å². The number of aromatic amines is 1. The third kappa shape index (κ3) is 2.08. The predicted molar refractivity (Wildman–Crippen MR) is 54.2 cm³/mol. The lowest BCUT2D eigenvalue weighted by Gasteiger charge is -1.95. The summed E-state index contributed by atoms with van der Waals surface area (Å²) in [6.07, 6.45) is 3.18. The molecule has 4 nitrogen and oxygen atoms in total. The van der Waals surface area contributed by atoms with Crippen molar-refractivity contribution in [2.45, 2.75) is 19.8 Å². The molecule has 2 rings (SSSR count). The minimum absolute atomic E-state index is 0.485. The van der Waals surface area contributed by atoms with Crippen molar-refractivity contribution >= 4 is 0 Å². The zero-order valence-electron chi connectivity index (χ0n) is 8.45. The summed E-state index contributed by atoms with van der Waals surface area (Å²) in [5, 5.41) is 8.83. The summed E-state index contributed by atoms with van der Waals surface area (Å²) in [7, 11) is 0. The molecular formula is C11H11N3O. The van der Waals surface area contributed by atoms with Gasteiger partial charge in [0.25, 0.3) is 0 Å². The first-order valence-corrected chi connectivity index (χ1v) is 4.77. The van der Waals surface area contributed by atoms with E-state index in [0.29, 0.717) is 5.69 Å². The number of furan rings is 1. The molecule has 0 spiro atoms. The molecule has 0 aliphatic rings. The van der Waals surface area contributed by atoms with Gasteiger partial charge in [-0.2, -0.15) is 5.26 Å². The Labute approximate surface area is 87.6 Å². The molecule has 0 aromatic carbocycles. The third-order valence-corrected chi connectivity index (χ3v) is 2.20. The van der Waals surface area contributed by atoms with Gasteiger partial charge in [0.1, 0.15) is 17.7 Å². The van der Waals surface area contributed by atoms with E-state index >= 15 is 0 Å². The van der Waals surface area contributed by atoms with Gasteiger partial charge in [-0.1, -0.05) is 0 Å². The van der Waals surface area contributed by atoms with Crippen LogP contribution in [-0.4, -0.2) is 9.97 Å². The average molecular weight is 201 g/mol. The number of hydrogen-bond donors (Lipinski definition) is 1. The molecule has 0 aliphatic carbocycles. The van der Waals surface area contributed by atoms with Crippen LogP contribution >= 0.6 is 0 Å². The lowest BCUT2D eigenvalue weighted by molar-refractivity contribution is 0.507. The van der Waals surface area contributed by atoms with Crippen LogP contribution in [0.2, 0.25) is 0 Å². The number of nitriles is 1. The van der Waals surface area contributed by atoms with Crippen molar-refractivity contribution in [2.24, 2.45) is 0 Å². The van der Waals surface area contributed by atoms with Crippen molar-refractivity contribution in [2.75, 3.05) is 0 Å². The van der Waals surface area contributed by atoms with Crippen LogP contribution in [0.5, 0.6) is 0 Å².